The minimum absolute atomic E-state index is 0.177. The van der Waals surface area contributed by atoms with Crippen molar-refractivity contribution in [3.05, 3.63) is 62.8 Å². The van der Waals surface area contributed by atoms with E-state index in [0.29, 0.717) is 6.54 Å². The Morgan fingerprint density at radius 2 is 2.06 bits per heavy atom. The molecule has 0 saturated carbocycles. The molecule has 2 aromatic rings. The summed E-state index contributed by atoms with van der Waals surface area (Å²) in [4.78, 5) is 0. The molecule has 0 heterocycles. The standard InChI is InChI=1S/C14H12BrClFN/c1-9-5-6-11(7-12(9)15)18-8-10-3-2-4-13(17)14(10)16/h2-7,18H,8H2,1H3. The molecule has 0 aliphatic carbocycles. The second kappa shape index (κ2) is 5.72. The zero-order valence-corrected chi connectivity index (χ0v) is 12.1. The van der Waals surface area contributed by atoms with Gasteiger partial charge in [0.1, 0.15) is 5.82 Å². The van der Waals surface area contributed by atoms with Crippen molar-refractivity contribution < 1.29 is 4.39 Å². The Labute approximate surface area is 119 Å². The lowest BCUT2D eigenvalue weighted by Crippen LogP contribution is -2.01. The number of hydrogen-bond acceptors (Lipinski definition) is 1. The number of hydrogen-bond donors (Lipinski definition) is 1. The Morgan fingerprint density at radius 1 is 1.28 bits per heavy atom. The van der Waals surface area contributed by atoms with Crippen LogP contribution in [0, 0.1) is 12.7 Å². The maximum absolute atomic E-state index is 13.3. The van der Waals surface area contributed by atoms with E-state index in [0.717, 1.165) is 15.7 Å². The summed E-state index contributed by atoms with van der Waals surface area (Å²) < 4.78 is 14.3. The first-order valence-corrected chi connectivity index (χ1v) is 6.68. The van der Waals surface area contributed by atoms with Gasteiger partial charge in [-0.25, -0.2) is 4.39 Å². The largest absolute Gasteiger partial charge is 0.381 e. The van der Waals surface area contributed by atoms with E-state index in [-0.39, 0.29) is 10.8 Å². The quantitative estimate of drug-likeness (QED) is 0.820. The van der Waals surface area contributed by atoms with Crippen molar-refractivity contribution >= 4 is 33.2 Å². The van der Waals surface area contributed by atoms with E-state index in [9.17, 15) is 4.39 Å². The Kier molecular flexibility index (Phi) is 4.25. The molecule has 0 aromatic heterocycles. The molecule has 0 aliphatic rings. The van der Waals surface area contributed by atoms with Gasteiger partial charge in [-0.15, -0.1) is 0 Å². The molecule has 1 nitrogen and oxygen atoms in total. The molecule has 0 fully saturated rings. The molecule has 2 rings (SSSR count). The van der Waals surface area contributed by atoms with Crippen molar-refractivity contribution in [2.75, 3.05) is 5.32 Å². The Bertz CT molecular complexity index is 572. The summed E-state index contributed by atoms with van der Waals surface area (Å²) in [6.07, 6.45) is 0. The minimum Gasteiger partial charge on any atom is -0.381 e. The fraction of sp³-hybridized carbons (Fsp3) is 0.143. The smallest absolute Gasteiger partial charge is 0.142 e. The Morgan fingerprint density at radius 3 is 2.78 bits per heavy atom. The van der Waals surface area contributed by atoms with E-state index in [4.69, 9.17) is 11.6 Å². The van der Waals surface area contributed by atoms with E-state index in [1.54, 1.807) is 6.07 Å². The van der Waals surface area contributed by atoms with Crippen molar-refractivity contribution in [3.8, 4) is 0 Å². The fourth-order valence-electron chi connectivity index (χ4n) is 1.59. The van der Waals surface area contributed by atoms with E-state index >= 15 is 0 Å². The van der Waals surface area contributed by atoms with E-state index in [1.165, 1.54) is 11.6 Å². The van der Waals surface area contributed by atoms with Crippen molar-refractivity contribution in [1.82, 2.24) is 0 Å². The topological polar surface area (TPSA) is 12.0 Å². The van der Waals surface area contributed by atoms with Gasteiger partial charge in [0.15, 0.2) is 0 Å². The molecular weight excluding hydrogens is 317 g/mol. The SMILES string of the molecule is Cc1ccc(NCc2cccc(F)c2Cl)cc1Br. The molecule has 0 saturated heterocycles. The molecule has 94 valence electrons. The van der Waals surface area contributed by atoms with Crippen LogP contribution in [-0.2, 0) is 6.54 Å². The zero-order valence-electron chi connectivity index (χ0n) is 9.81. The number of nitrogens with one attached hydrogen (secondary N) is 1. The van der Waals surface area contributed by atoms with Crippen molar-refractivity contribution in [2.45, 2.75) is 13.5 Å². The highest BCUT2D eigenvalue weighted by Crippen LogP contribution is 2.23. The van der Waals surface area contributed by atoms with Gasteiger partial charge in [-0.05, 0) is 36.2 Å². The van der Waals surface area contributed by atoms with Crippen molar-refractivity contribution in [3.63, 3.8) is 0 Å². The molecule has 18 heavy (non-hydrogen) atoms. The van der Waals surface area contributed by atoms with Gasteiger partial charge in [0.05, 0.1) is 5.02 Å². The van der Waals surface area contributed by atoms with Gasteiger partial charge in [0, 0.05) is 16.7 Å². The molecule has 0 aliphatic heterocycles. The van der Waals surface area contributed by atoms with Crippen molar-refractivity contribution in [1.29, 1.82) is 0 Å². The van der Waals surface area contributed by atoms with Crippen LogP contribution < -0.4 is 5.32 Å². The summed E-state index contributed by atoms with van der Waals surface area (Å²) in [5.74, 6) is -0.388. The second-order valence-corrected chi connectivity index (χ2v) is 5.26. The monoisotopic (exact) mass is 327 g/mol. The number of anilines is 1. The number of rotatable bonds is 3. The van der Waals surface area contributed by atoms with Crippen LogP contribution in [0.25, 0.3) is 0 Å². The van der Waals surface area contributed by atoms with Crippen molar-refractivity contribution in [2.24, 2.45) is 0 Å². The van der Waals surface area contributed by atoms with Gasteiger partial charge in [0.25, 0.3) is 0 Å². The average molecular weight is 329 g/mol. The normalized spacial score (nSPS) is 10.4. The van der Waals surface area contributed by atoms with Crippen LogP contribution in [-0.4, -0.2) is 0 Å². The molecular formula is C14H12BrClFN. The van der Waals surface area contributed by atoms with Gasteiger partial charge in [-0.2, -0.15) is 0 Å². The number of aryl methyl sites for hydroxylation is 1. The summed E-state index contributed by atoms with van der Waals surface area (Å²) >= 11 is 9.36. The summed E-state index contributed by atoms with van der Waals surface area (Å²) in [5.41, 5.74) is 2.88. The van der Waals surface area contributed by atoms with Crippen LogP contribution in [0.1, 0.15) is 11.1 Å². The lowest BCUT2D eigenvalue weighted by atomic mass is 10.2. The molecule has 0 amide bonds. The second-order valence-electron chi connectivity index (χ2n) is 4.03. The van der Waals surface area contributed by atoms with Crippen LogP contribution in [0.3, 0.4) is 0 Å². The maximum atomic E-state index is 13.3. The summed E-state index contributed by atoms with van der Waals surface area (Å²) in [7, 11) is 0. The zero-order chi connectivity index (χ0) is 13.1. The molecule has 0 bridgehead atoms. The van der Waals surface area contributed by atoms with E-state index in [1.807, 2.05) is 31.2 Å². The van der Waals surface area contributed by atoms with E-state index < -0.39 is 0 Å². The number of benzene rings is 2. The summed E-state index contributed by atoms with van der Waals surface area (Å²) in [6.45, 7) is 2.52. The number of halogens is 3. The third-order valence-electron chi connectivity index (χ3n) is 2.69. The lowest BCUT2D eigenvalue weighted by molar-refractivity contribution is 0.626. The van der Waals surface area contributed by atoms with E-state index in [2.05, 4.69) is 21.2 Å². The first-order valence-electron chi connectivity index (χ1n) is 5.51. The van der Waals surface area contributed by atoms with Gasteiger partial charge in [0.2, 0.25) is 0 Å². The molecule has 0 unspecified atom stereocenters. The highest BCUT2D eigenvalue weighted by molar-refractivity contribution is 9.10. The highest BCUT2D eigenvalue weighted by Gasteiger charge is 2.05. The molecule has 2 aromatic carbocycles. The third kappa shape index (κ3) is 3.03. The fourth-order valence-corrected chi connectivity index (χ4v) is 2.16. The molecule has 4 heteroatoms. The lowest BCUT2D eigenvalue weighted by Gasteiger charge is -2.09. The maximum Gasteiger partial charge on any atom is 0.142 e. The predicted molar refractivity (Wildman–Crippen MR) is 77.6 cm³/mol. The first-order chi connectivity index (χ1) is 8.58. The molecule has 0 atom stereocenters. The Hall–Kier alpha value is -1.06. The third-order valence-corrected chi connectivity index (χ3v) is 3.96. The van der Waals surface area contributed by atoms with Crippen LogP contribution in [0.4, 0.5) is 10.1 Å². The van der Waals surface area contributed by atoms with Crippen LogP contribution in [0.15, 0.2) is 40.9 Å². The van der Waals surface area contributed by atoms with Crippen LogP contribution in [0.5, 0.6) is 0 Å². The van der Waals surface area contributed by atoms with Gasteiger partial charge >= 0.3 is 0 Å². The van der Waals surface area contributed by atoms with Crippen LogP contribution >= 0.6 is 27.5 Å². The minimum atomic E-state index is -0.388. The molecule has 1 N–H and O–H groups in total. The van der Waals surface area contributed by atoms with Gasteiger partial charge in [-0.1, -0.05) is 45.7 Å². The summed E-state index contributed by atoms with van der Waals surface area (Å²) in [5, 5.41) is 3.39. The van der Waals surface area contributed by atoms with Gasteiger partial charge in [-0.3, -0.25) is 0 Å². The summed E-state index contributed by atoms with van der Waals surface area (Å²) in [6, 6.07) is 10.8. The molecule has 0 spiro atoms. The molecule has 0 radical (unpaired) electrons. The van der Waals surface area contributed by atoms with Gasteiger partial charge < -0.3 is 5.32 Å². The Balaban J connectivity index is 2.11. The average Bonchev–Trinajstić information content (AvgIpc) is 2.35. The highest BCUT2D eigenvalue weighted by atomic mass is 79.9. The predicted octanol–water partition coefficient (Wildman–Crippen LogP) is 5.16. The first kappa shape index (κ1) is 13.4. The van der Waals surface area contributed by atoms with Crippen LogP contribution in [0.2, 0.25) is 5.02 Å².